The monoisotopic (exact) mass is 410 g/mol. The Bertz CT molecular complexity index is 826. The smallest absolute Gasteiger partial charge is 0.209 e. The predicted molar refractivity (Wildman–Crippen MR) is 107 cm³/mol. The van der Waals surface area contributed by atoms with Gasteiger partial charge in [-0.3, -0.25) is 0 Å². The van der Waals surface area contributed by atoms with Crippen molar-refractivity contribution in [2.24, 2.45) is 0 Å². The average Bonchev–Trinajstić information content (AvgIpc) is 2.63. The van der Waals surface area contributed by atoms with Gasteiger partial charge in [-0.2, -0.15) is 0 Å². The van der Waals surface area contributed by atoms with E-state index >= 15 is 0 Å². The first-order valence-corrected chi connectivity index (χ1v) is 10.8. The molecule has 28 heavy (non-hydrogen) atoms. The fraction of sp³-hybridized carbons (Fsp3) is 0.400. The third-order valence-corrected chi connectivity index (χ3v) is 4.82. The minimum atomic E-state index is -3.25. The number of hydrogen-bond donors (Lipinski definition) is 2. The highest BCUT2D eigenvalue weighted by atomic mass is 32.2. The fourth-order valence-corrected chi connectivity index (χ4v) is 3.50. The molecule has 0 bridgehead atoms. The summed E-state index contributed by atoms with van der Waals surface area (Å²) in [6, 6.07) is 13.3. The number of hydrogen-bond acceptors (Lipinski definition) is 5. The molecule has 0 aromatic heterocycles. The summed E-state index contributed by atoms with van der Waals surface area (Å²) in [4.78, 5) is 0. The highest BCUT2D eigenvalue weighted by Crippen LogP contribution is 2.15. The number of halogens is 1. The van der Waals surface area contributed by atoms with Crippen LogP contribution in [0.25, 0.3) is 0 Å². The zero-order valence-corrected chi connectivity index (χ0v) is 17.1. The molecular weight excluding hydrogens is 383 g/mol. The van der Waals surface area contributed by atoms with Crippen LogP contribution in [0.1, 0.15) is 24.1 Å². The highest BCUT2D eigenvalue weighted by Gasteiger charge is 2.12. The molecule has 8 heteroatoms. The molecule has 0 aliphatic heterocycles. The second kappa shape index (κ2) is 10.5. The third kappa shape index (κ3) is 7.93. The number of sulfonamides is 1. The maximum Gasteiger partial charge on any atom is 0.209 e. The Balaban J connectivity index is 1.85. The van der Waals surface area contributed by atoms with Crippen LogP contribution in [0.5, 0.6) is 5.75 Å². The third-order valence-electron chi connectivity index (χ3n) is 4.04. The maximum atomic E-state index is 13.0. The van der Waals surface area contributed by atoms with Gasteiger partial charge < -0.3 is 14.8 Å². The molecule has 2 aromatic rings. The predicted octanol–water partition coefficient (Wildman–Crippen LogP) is 2.62. The number of nitrogens with one attached hydrogen (secondary N) is 2. The second-order valence-corrected chi connectivity index (χ2v) is 8.41. The summed E-state index contributed by atoms with van der Waals surface area (Å²) >= 11 is 0. The SMILES string of the molecule is COCC(CNCc1ccc(C(C)NS(C)(=O)=O)cc1)Oc1ccc(F)cc1. The highest BCUT2D eigenvalue weighted by molar-refractivity contribution is 7.88. The van der Waals surface area contributed by atoms with Gasteiger partial charge >= 0.3 is 0 Å². The Labute approximate surface area is 166 Å². The van der Waals surface area contributed by atoms with Gasteiger partial charge in [-0.15, -0.1) is 0 Å². The Morgan fingerprint density at radius 2 is 1.71 bits per heavy atom. The molecule has 2 N–H and O–H groups in total. The lowest BCUT2D eigenvalue weighted by atomic mass is 10.1. The van der Waals surface area contributed by atoms with Gasteiger partial charge in [0.2, 0.25) is 10.0 Å². The molecule has 0 spiro atoms. The van der Waals surface area contributed by atoms with Crippen LogP contribution in [-0.2, 0) is 21.3 Å². The van der Waals surface area contributed by atoms with Crippen molar-refractivity contribution < 1.29 is 22.3 Å². The van der Waals surface area contributed by atoms with Gasteiger partial charge in [0.05, 0.1) is 12.9 Å². The van der Waals surface area contributed by atoms with Crippen LogP contribution >= 0.6 is 0 Å². The van der Waals surface area contributed by atoms with Crippen molar-refractivity contribution in [2.45, 2.75) is 25.6 Å². The molecule has 6 nitrogen and oxygen atoms in total. The lowest BCUT2D eigenvalue weighted by Gasteiger charge is -2.19. The first-order chi connectivity index (χ1) is 13.3. The van der Waals surface area contributed by atoms with Crippen molar-refractivity contribution in [3.63, 3.8) is 0 Å². The van der Waals surface area contributed by atoms with Gasteiger partial charge in [-0.1, -0.05) is 24.3 Å². The summed E-state index contributed by atoms with van der Waals surface area (Å²) in [7, 11) is -1.65. The van der Waals surface area contributed by atoms with Crippen LogP contribution in [0.3, 0.4) is 0 Å². The van der Waals surface area contributed by atoms with E-state index in [9.17, 15) is 12.8 Å². The van der Waals surface area contributed by atoms with Crippen LogP contribution in [-0.4, -0.2) is 41.0 Å². The second-order valence-electron chi connectivity index (χ2n) is 6.63. The molecule has 0 amide bonds. The van der Waals surface area contributed by atoms with Crippen molar-refractivity contribution >= 4 is 10.0 Å². The van der Waals surface area contributed by atoms with Crippen LogP contribution in [0.15, 0.2) is 48.5 Å². The summed E-state index contributed by atoms with van der Waals surface area (Å²) in [5.41, 5.74) is 1.96. The number of ether oxygens (including phenoxy) is 2. The minimum Gasteiger partial charge on any atom is -0.487 e. The van der Waals surface area contributed by atoms with E-state index in [1.54, 1.807) is 26.2 Å². The molecule has 0 heterocycles. The molecule has 2 atom stereocenters. The zero-order valence-electron chi connectivity index (χ0n) is 16.3. The molecule has 2 unspecified atom stereocenters. The van der Waals surface area contributed by atoms with Gasteiger partial charge in [0.1, 0.15) is 17.7 Å². The molecule has 154 valence electrons. The Kier molecular flexibility index (Phi) is 8.37. The molecule has 0 aliphatic carbocycles. The first kappa shape index (κ1) is 22.3. The largest absolute Gasteiger partial charge is 0.487 e. The van der Waals surface area contributed by atoms with Crippen LogP contribution < -0.4 is 14.8 Å². The zero-order chi connectivity index (χ0) is 20.6. The summed E-state index contributed by atoms with van der Waals surface area (Å²) in [6.45, 7) is 3.38. The fourth-order valence-electron chi connectivity index (χ4n) is 2.72. The lowest BCUT2D eigenvalue weighted by Crippen LogP contribution is -2.34. The minimum absolute atomic E-state index is 0.214. The van der Waals surface area contributed by atoms with Gasteiger partial charge in [0, 0.05) is 26.2 Å². The molecule has 0 saturated heterocycles. The molecule has 0 fully saturated rings. The van der Waals surface area contributed by atoms with Crippen LogP contribution in [0.2, 0.25) is 0 Å². The summed E-state index contributed by atoms with van der Waals surface area (Å²) in [5.74, 6) is 0.278. The van der Waals surface area contributed by atoms with Crippen molar-refractivity contribution in [1.29, 1.82) is 0 Å². The van der Waals surface area contributed by atoms with Crippen molar-refractivity contribution in [2.75, 3.05) is 26.5 Å². The van der Waals surface area contributed by atoms with Crippen molar-refractivity contribution in [3.05, 3.63) is 65.5 Å². The average molecular weight is 411 g/mol. The van der Waals surface area contributed by atoms with E-state index in [1.807, 2.05) is 24.3 Å². The summed E-state index contributed by atoms with van der Waals surface area (Å²) in [6.07, 6.45) is 0.931. The van der Waals surface area contributed by atoms with Crippen molar-refractivity contribution in [1.82, 2.24) is 10.0 Å². The van der Waals surface area contributed by atoms with E-state index in [1.165, 1.54) is 12.1 Å². The number of methoxy groups -OCH3 is 1. The normalized spacial score (nSPS) is 13.9. The Hall–Kier alpha value is -2.00. The van der Waals surface area contributed by atoms with Gasteiger partial charge in [0.15, 0.2) is 0 Å². The maximum absolute atomic E-state index is 13.0. The van der Waals surface area contributed by atoms with Gasteiger partial charge in [0.25, 0.3) is 0 Å². The molecule has 2 rings (SSSR count). The van der Waals surface area contributed by atoms with Gasteiger partial charge in [-0.05, 0) is 42.3 Å². The van der Waals surface area contributed by atoms with E-state index in [0.29, 0.717) is 25.4 Å². The summed E-state index contributed by atoms with van der Waals surface area (Å²) < 4.78 is 49.2. The van der Waals surface area contributed by atoms with E-state index in [-0.39, 0.29) is 18.0 Å². The van der Waals surface area contributed by atoms with E-state index in [4.69, 9.17) is 9.47 Å². The van der Waals surface area contributed by atoms with Crippen molar-refractivity contribution in [3.8, 4) is 5.75 Å². The number of rotatable bonds is 11. The van der Waals surface area contributed by atoms with Gasteiger partial charge in [-0.25, -0.2) is 17.5 Å². The molecule has 2 aromatic carbocycles. The molecule has 0 aliphatic rings. The van der Waals surface area contributed by atoms with Crippen LogP contribution in [0.4, 0.5) is 4.39 Å². The van der Waals surface area contributed by atoms with E-state index < -0.39 is 10.0 Å². The number of benzene rings is 2. The standard InChI is InChI=1S/C20H27FN2O4S/c1-15(23-28(3,24)25)17-6-4-16(5-7-17)12-22-13-20(14-26-2)27-19-10-8-18(21)9-11-19/h4-11,15,20,22-23H,12-14H2,1-3H3. The van der Waals surface area contributed by atoms with E-state index in [2.05, 4.69) is 10.0 Å². The molecule has 0 saturated carbocycles. The molecule has 0 radical (unpaired) electrons. The lowest BCUT2D eigenvalue weighted by molar-refractivity contribution is 0.0804. The quantitative estimate of drug-likeness (QED) is 0.596. The Morgan fingerprint density at radius 1 is 1.07 bits per heavy atom. The summed E-state index contributed by atoms with van der Waals surface area (Å²) in [5, 5.41) is 3.31. The molecular formula is C20H27FN2O4S. The van der Waals surface area contributed by atoms with Crippen LogP contribution in [0, 0.1) is 5.82 Å². The first-order valence-electron chi connectivity index (χ1n) is 8.95. The topological polar surface area (TPSA) is 76.7 Å². The Morgan fingerprint density at radius 3 is 2.29 bits per heavy atom. The van der Waals surface area contributed by atoms with E-state index in [0.717, 1.165) is 17.4 Å².